The molecule has 0 radical (unpaired) electrons. The number of hydrogen-bond acceptors (Lipinski definition) is 2. The maximum Gasteiger partial charge on any atom is 0.186 e. The quantitative estimate of drug-likeness (QED) is 0.785. The van der Waals surface area contributed by atoms with E-state index >= 15 is 0 Å². The maximum absolute atomic E-state index is 13.3. The molecule has 0 unspecified atom stereocenters. The van der Waals surface area contributed by atoms with Gasteiger partial charge >= 0.3 is 0 Å². The topological polar surface area (TPSA) is 17.1 Å². The average molecular weight is 307 g/mol. The van der Waals surface area contributed by atoms with Crippen molar-refractivity contribution in [3.05, 3.63) is 39.9 Å². The molecule has 0 heterocycles. The molecule has 0 saturated heterocycles. The van der Waals surface area contributed by atoms with Gasteiger partial charge < -0.3 is 0 Å². The first-order valence-corrected chi connectivity index (χ1v) is 6.23. The highest BCUT2D eigenvalue weighted by Gasteiger charge is 2.05. The molecule has 0 aliphatic rings. The van der Waals surface area contributed by atoms with E-state index in [-0.39, 0.29) is 15.2 Å². The zero-order chi connectivity index (χ0) is 12.1. The molecule has 1 rings (SSSR count). The molecule has 0 aliphatic carbocycles. The van der Waals surface area contributed by atoms with Gasteiger partial charge in [0.15, 0.2) is 5.12 Å². The van der Waals surface area contributed by atoms with Gasteiger partial charge in [-0.2, -0.15) is 0 Å². The predicted molar refractivity (Wildman–Crippen MR) is 66.2 cm³/mol. The molecule has 86 valence electrons. The van der Waals surface area contributed by atoms with E-state index in [1.165, 1.54) is 13.0 Å². The number of rotatable bonds is 3. The molecule has 0 fully saturated rings. The first-order valence-electron chi connectivity index (χ1n) is 4.45. The summed E-state index contributed by atoms with van der Waals surface area (Å²) < 4.78 is 26.5. The van der Waals surface area contributed by atoms with Gasteiger partial charge in [-0.15, -0.1) is 0 Å². The third kappa shape index (κ3) is 4.06. The molecule has 5 heteroatoms. The fourth-order valence-corrected chi connectivity index (χ4v) is 1.75. The minimum atomic E-state index is -0.514. The van der Waals surface area contributed by atoms with Crippen LogP contribution in [-0.4, -0.2) is 10.9 Å². The van der Waals surface area contributed by atoms with Crippen LogP contribution >= 0.6 is 27.7 Å². The Morgan fingerprint density at radius 2 is 2.12 bits per heavy atom. The minimum Gasteiger partial charge on any atom is -0.288 e. The Bertz CT molecular complexity index is 432. The summed E-state index contributed by atoms with van der Waals surface area (Å²) in [5.74, 6) is -0.565. The minimum absolute atomic E-state index is 0.00731. The summed E-state index contributed by atoms with van der Waals surface area (Å²) in [6.45, 7) is 1.46. The number of halogens is 3. The smallest absolute Gasteiger partial charge is 0.186 e. The number of carbonyl (C=O) groups excluding carboxylic acids is 1. The van der Waals surface area contributed by atoms with Crippen molar-refractivity contribution in [2.24, 2.45) is 0 Å². The molecular formula is C11H9BrF2OS. The van der Waals surface area contributed by atoms with E-state index in [0.29, 0.717) is 5.75 Å². The van der Waals surface area contributed by atoms with Crippen LogP contribution in [0.2, 0.25) is 0 Å². The molecule has 0 spiro atoms. The lowest BCUT2D eigenvalue weighted by Gasteiger charge is -1.99. The third-order valence-electron chi connectivity index (χ3n) is 1.72. The van der Waals surface area contributed by atoms with Crippen LogP contribution in [0.1, 0.15) is 12.5 Å². The fourth-order valence-electron chi connectivity index (χ4n) is 1.01. The Balaban J connectivity index is 2.73. The van der Waals surface area contributed by atoms with Crippen LogP contribution < -0.4 is 0 Å². The van der Waals surface area contributed by atoms with Gasteiger partial charge in [-0.25, -0.2) is 8.78 Å². The molecule has 0 aromatic heterocycles. The van der Waals surface area contributed by atoms with E-state index in [1.54, 1.807) is 6.08 Å². The fraction of sp³-hybridized carbons (Fsp3) is 0.182. The second kappa shape index (κ2) is 6.15. The van der Waals surface area contributed by atoms with E-state index in [9.17, 15) is 13.6 Å². The lowest BCUT2D eigenvalue weighted by molar-refractivity contribution is -0.109. The molecule has 0 aliphatic heterocycles. The van der Waals surface area contributed by atoms with Crippen LogP contribution in [0.3, 0.4) is 0 Å². The molecule has 16 heavy (non-hydrogen) atoms. The van der Waals surface area contributed by atoms with Crippen molar-refractivity contribution in [2.75, 3.05) is 5.75 Å². The Morgan fingerprint density at radius 1 is 1.44 bits per heavy atom. The SMILES string of the molecule is CC(=O)SCC=Cc1cc(F)c(Br)cc1F. The highest BCUT2D eigenvalue weighted by Crippen LogP contribution is 2.20. The summed E-state index contributed by atoms with van der Waals surface area (Å²) in [6.07, 6.45) is 3.08. The largest absolute Gasteiger partial charge is 0.288 e. The van der Waals surface area contributed by atoms with Crippen molar-refractivity contribution in [1.29, 1.82) is 0 Å². The lowest BCUT2D eigenvalue weighted by Crippen LogP contribution is -1.87. The molecular weight excluding hydrogens is 298 g/mol. The zero-order valence-corrected chi connectivity index (χ0v) is 10.9. The number of carbonyl (C=O) groups is 1. The van der Waals surface area contributed by atoms with Gasteiger partial charge in [0.05, 0.1) is 4.47 Å². The second-order valence-electron chi connectivity index (χ2n) is 2.99. The summed E-state index contributed by atoms with van der Waals surface area (Å²) in [7, 11) is 0. The van der Waals surface area contributed by atoms with Crippen LogP contribution in [0.15, 0.2) is 22.7 Å². The van der Waals surface area contributed by atoms with Gasteiger partial charge in [-0.3, -0.25) is 4.79 Å². The van der Waals surface area contributed by atoms with E-state index in [2.05, 4.69) is 15.9 Å². The summed E-state index contributed by atoms with van der Waals surface area (Å²) >= 11 is 4.01. The summed E-state index contributed by atoms with van der Waals surface area (Å²) in [5, 5.41) is -0.00731. The molecule has 0 bridgehead atoms. The molecule has 1 aromatic carbocycles. The first-order chi connectivity index (χ1) is 7.50. The van der Waals surface area contributed by atoms with Crippen molar-refractivity contribution in [3.8, 4) is 0 Å². The van der Waals surface area contributed by atoms with Gasteiger partial charge in [0.2, 0.25) is 0 Å². The Labute approximate surface area is 105 Å². The van der Waals surface area contributed by atoms with Crippen molar-refractivity contribution >= 4 is 38.9 Å². The molecule has 0 atom stereocenters. The van der Waals surface area contributed by atoms with Crippen LogP contribution in [0, 0.1) is 11.6 Å². The van der Waals surface area contributed by atoms with Crippen LogP contribution in [0.25, 0.3) is 6.08 Å². The highest BCUT2D eigenvalue weighted by molar-refractivity contribution is 9.10. The third-order valence-corrected chi connectivity index (χ3v) is 3.09. The summed E-state index contributed by atoms with van der Waals surface area (Å²) in [4.78, 5) is 10.6. The van der Waals surface area contributed by atoms with Crippen LogP contribution in [0.4, 0.5) is 8.78 Å². The molecule has 0 amide bonds. The highest BCUT2D eigenvalue weighted by atomic mass is 79.9. The van der Waals surface area contributed by atoms with E-state index in [4.69, 9.17) is 0 Å². The van der Waals surface area contributed by atoms with Crippen molar-refractivity contribution in [2.45, 2.75) is 6.92 Å². The summed E-state index contributed by atoms with van der Waals surface area (Å²) in [6, 6.07) is 2.18. The molecule has 0 saturated carbocycles. The normalized spacial score (nSPS) is 11.0. The van der Waals surface area contributed by atoms with Crippen LogP contribution in [-0.2, 0) is 4.79 Å². The number of thioether (sulfide) groups is 1. The van der Waals surface area contributed by atoms with Gasteiger partial charge in [0, 0.05) is 18.2 Å². The van der Waals surface area contributed by atoms with Crippen molar-refractivity contribution in [1.82, 2.24) is 0 Å². The summed E-state index contributed by atoms with van der Waals surface area (Å²) in [5.41, 5.74) is 0.171. The van der Waals surface area contributed by atoms with Gasteiger partial charge in [-0.1, -0.05) is 23.9 Å². The number of hydrogen-bond donors (Lipinski definition) is 0. The van der Waals surface area contributed by atoms with Gasteiger partial charge in [-0.05, 0) is 28.1 Å². The maximum atomic E-state index is 13.3. The van der Waals surface area contributed by atoms with Gasteiger partial charge in [0.25, 0.3) is 0 Å². The van der Waals surface area contributed by atoms with E-state index < -0.39 is 11.6 Å². The standard InChI is InChI=1S/C11H9BrF2OS/c1-7(15)16-4-2-3-8-5-11(14)9(12)6-10(8)13/h2-3,5-6H,4H2,1H3. The first kappa shape index (κ1) is 13.4. The van der Waals surface area contributed by atoms with E-state index in [1.807, 2.05) is 0 Å². The Hall–Kier alpha value is -0.680. The second-order valence-corrected chi connectivity index (χ2v) is 5.04. The van der Waals surface area contributed by atoms with E-state index in [0.717, 1.165) is 23.9 Å². The monoisotopic (exact) mass is 306 g/mol. The zero-order valence-electron chi connectivity index (χ0n) is 8.47. The Kier molecular flexibility index (Phi) is 5.15. The molecule has 1 aromatic rings. The predicted octanol–water partition coefficient (Wildman–Crippen LogP) is 4.02. The molecule has 0 N–H and O–H groups in total. The van der Waals surface area contributed by atoms with Crippen LogP contribution in [0.5, 0.6) is 0 Å². The molecule has 1 nitrogen and oxygen atoms in total. The number of benzene rings is 1. The lowest BCUT2D eigenvalue weighted by atomic mass is 10.2. The average Bonchev–Trinajstić information content (AvgIpc) is 2.19. The van der Waals surface area contributed by atoms with Crippen molar-refractivity contribution < 1.29 is 13.6 Å². The Morgan fingerprint density at radius 3 is 2.75 bits per heavy atom. The van der Waals surface area contributed by atoms with Gasteiger partial charge in [0.1, 0.15) is 11.6 Å². The van der Waals surface area contributed by atoms with Crippen molar-refractivity contribution in [3.63, 3.8) is 0 Å².